The number of nitrogens with zero attached hydrogens (tertiary/aromatic N) is 2. The number of carbonyl (C=O) groups excluding carboxylic acids is 2. The lowest BCUT2D eigenvalue weighted by molar-refractivity contribution is -0.144. The van der Waals surface area contributed by atoms with E-state index in [0.29, 0.717) is 0 Å². The molecule has 0 unspecified atom stereocenters. The number of carboxylic acid groups (broad SMARTS) is 1. The Labute approximate surface area is 117 Å². The average Bonchev–Trinajstić information content (AvgIpc) is 3.26. The Bertz CT molecular complexity index is 404. The molecule has 0 aromatic heterocycles. The minimum absolute atomic E-state index is 0.00189. The summed E-state index contributed by atoms with van der Waals surface area (Å²) in [5.41, 5.74) is 0. The highest BCUT2D eigenvalue weighted by molar-refractivity contribution is 5.84. The van der Waals surface area contributed by atoms with E-state index in [4.69, 9.17) is 9.84 Å². The van der Waals surface area contributed by atoms with Crippen molar-refractivity contribution in [2.24, 2.45) is 0 Å². The number of hydrogen-bond donors (Lipinski definition) is 1. The third kappa shape index (κ3) is 3.85. The van der Waals surface area contributed by atoms with Crippen LogP contribution >= 0.6 is 0 Å². The molecule has 112 valence electrons. The number of amides is 2. The lowest BCUT2D eigenvalue weighted by atomic mass is 10.4. The molecule has 2 saturated carbocycles. The number of urea groups is 1. The van der Waals surface area contributed by atoms with Crippen LogP contribution in [0.2, 0.25) is 0 Å². The van der Waals surface area contributed by atoms with Crippen molar-refractivity contribution >= 4 is 18.0 Å². The van der Waals surface area contributed by atoms with E-state index in [1.165, 1.54) is 9.80 Å². The van der Waals surface area contributed by atoms with Gasteiger partial charge in [0, 0.05) is 12.1 Å². The highest BCUT2D eigenvalue weighted by atomic mass is 16.5. The molecule has 2 aliphatic carbocycles. The summed E-state index contributed by atoms with van der Waals surface area (Å²) in [7, 11) is 0. The van der Waals surface area contributed by atoms with Crippen LogP contribution in [0.3, 0.4) is 0 Å². The Balaban J connectivity index is 2.00. The summed E-state index contributed by atoms with van der Waals surface area (Å²) in [6.45, 7) is 1.57. The summed E-state index contributed by atoms with van der Waals surface area (Å²) < 4.78 is 4.87. The first-order chi connectivity index (χ1) is 9.52. The first-order valence-electron chi connectivity index (χ1n) is 6.97. The molecule has 2 fully saturated rings. The van der Waals surface area contributed by atoms with Gasteiger partial charge in [-0.3, -0.25) is 9.59 Å². The molecule has 0 heterocycles. The van der Waals surface area contributed by atoms with Gasteiger partial charge in [0.1, 0.15) is 13.1 Å². The van der Waals surface area contributed by atoms with E-state index in [1.54, 1.807) is 6.92 Å². The minimum atomic E-state index is -1.03. The molecule has 0 radical (unpaired) electrons. The molecule has 0 spiro atoms. The third-order valence-corrected chi connectivity index (χ3v) is 3.38. The fourth-order valence-electron chi connectivity index (χ4n) is 2.13. The molecule has 0 aliphatic heterocycles. The molecule has 0 atom stereocenters. The Morgan fingerprint density at radius 2 is 1.55 bits per heavy atom. The molecular formula is C13H20N2O5. The molecule has 0 aromatic rings. The van der Waals surface area contributed by atoms with Crippen LogP contribution in [0.4, 0.5) is 4.79 Å². The van der Waals surface area contributed by atoms with Crippen LogP contribution < -0.4 is 0 Å². The molecule has 2 amide bonds. The molecule has 0 saturated heterocycles. The smallest absolute Gasteiger partial charge is 0.325 e. The van der Waals surface area contributed by atoms with Crippen LogP contribution in [0.5, 0.6) is 0 Å². The van der Waals surface area contributed by atoms with Gasteiger partial charge < -0.3 is 19.6 Å². The second kappa shape index (κ2) is 6.11. The van der Waals surface area contributed by atoms with Gasteiger partial charge in [-0.15, -0.1) is 0 Å². The van der Waals surface area contributed by atoms with Gasteiger partial charge in [-0.1, -0.05) is 0 Å². The summed E-state index contributed by atoms with van der Waals surface area (Å²) in [5.74, 6) is -1.48. The van der Waals surface area contributed by atoms with E-state index in [1.807, 2.05) is 0 Å². The number of aliphatic carboxylic acids is 1. The van der Waals surface area contributed by atoms with Crippen molar-refractivity contribution < 1.29 is 24.2 Å². The molecule has 0 bridgehead atoms. The molecule has 7 heteroatoms. The maximum atomic E-state index is 12.5. The van der Waals surface area contributed by atoms with E-state index in [2.05, 4.69) is 0 Å². The van der Waals surface area contributed by atoms with Crippen molar-refractivity contribution in [1.82, 2.24) is 9.80 Å². The van der Waals surface area contributed by atoms with Gasteiger partial charge in [0.15, 0.2) is 0 Å². The summed E-state index contributed by atoms with van der Waals surface area (Å²) in [6.07, 6.45) is 3.38. The van der Waals surface area contributed by atoms with Crippen molar-refractivity contribution in [3.05, 3.63) is 0 Å². The normalized spacial score (nSPS) is 17.4. The van der Waals surface area contributed by atoms with Crippen molar-refractivity contribution in [1.29, 1.82) is 0 Å². The van der Waals surface area contributed by atoms with Crippen LogP contribution in [0.1, 0.15) is 32.6 Å². The predicted octanol–water partition coefficient (Wildman–Crippen LogP) is 0.683. The highest BCUT2D eigenvalue weighted by Gasteiger charge is 2.41. The largest absolute Gasteiger partial charge is 0.480 e. The summed E-state index contributed by atoms with van der Waals surface area (Å²) in [5, 5.41) is 8.91. The van der Waals surface area contributed by atoms with Gasteiger partial charge in [-0.25, -0.2) is 4.79 Å². The van der Waals surface area contributed by atoms with E-state index < -0.39 is 11.9 Å². The monoisotopic (exact) mass is 284 g/mol. The zero-order valence-electron chi connectivity index (χ0n) is 11.6. The van der Waals surface area contributed by atoms with Crippen LogP contribution in [0.25, 0.3) is 0 Å². The Morgan fingerprint density at radius 1 is 1.05 bits per heavy atom. The van der Waals surface area contributed by atoms with Gasteiger partial charge in [0.05, 0.1) is 6.61 Å². The van der Waals surface area contributed by atoms with Crippen molar-refractivity contribution in [2.75, 3.05) is 19.7 Å². The average molecular weight is 284 g/mol. The zero-order chi connectivity index (χ0) is 14.7. The molecule has 1 N–H and O–H groups in total. The van der Waals surface area contributed by atoms with Crippen LogP contribution in [0.15, 0.2) is 0 Å². The summed E-state index contributed by atoms with van der Waals surface area (Å²) >= 11 is 0. The van der Waals surface area contributed by atoms with Crippen LogP contribution in [0, 0.1) is 0 Å². The lowest BCUT2D eigenvalue weighted by Crippen LogP contribution is -2.49. The molecule has 7 nitrogen and oxygen atoms in total. The Kier molecular flexibility index (Phi) is 4.46. The number of carbonyl (C=O) groups is 3. The fraction of sp³-hybridized carbons (Fsp3) is 0.769. The first kappa shape index (κ1) is 14.6. The molecule has 2 aliphatic rings. The van der Waals surface area contributed by atoms with E-state index in [-0.39, 0.29) is 37.8 Å². The van der Waals surface area contributed by atoms with Gasteiger partial charge >= 0.3 is 18.0 Å². The number of ether oxygens (including phenoxy) is 1. The van der Waals surface area contributed by atoms with Crippen LogP contribution in [-0.2, 0) is 14.3 Å². The van der Waals surface area contributed by atoms with E-state index in [0.717, 1.165) is 25.7 Å². The highest BCUT2D eigenvalue weighted by Crippen LogP contribution is 2.32. The number of carboxylic acids is 1. The maximum Gasteiger partial charge on any atom is 0.325 e. The van der Waals surface area contributed by atoms with Crippen molar-refractivity contribution in [2.45, 2.75) is 44.7 Å². The zero-order valence-corrected chi connectivity index (χ0v) is 11.6. The first-order valence-corrected chi connectivity index (χ1v) is 6.97. The second-order valence-electron chi connectivity index (χ2n) is 5.20. The molecular weight excluding hydrogens is 264 g/mol. The Morgan fingerprint density at radius 3 is 1.95 bits per heavy atom. The van der Waals surface area contributed by atoms with Gasteiger partial charge in [0.2, 0.25) is 0 Å². The SMILES string of the molecule is CCOC(=O)CN(C(=O)N(CC(=O)O)C1CC1)C1CC1. The number of hydrogen-bond acceptors (Lipinski definition) is 4. The topological polar surface area (TPSA) is 87.2 Å². The quantitative estimate of drug-likeness (QED) is 0.695. The fourth-order valence-corrected chi connectivity index (χ4v) is 2.13. The molecule has 20 heavy (non-hydrogen) atoms. The van der Waals surface area contributed by atoms with Gasteiger partial charge in [-0.2, -0.15) is 0 Å². The minimum Gasteiger partial charge on any atom is -0.480 e. The van der Waals surface area contributed by atoms with E-state index >= 15 is 0 Å². The van der Waals surface area contributed by atoms with Crippen LogP contribution in [-0.4, -0.2) is 64.7 Å². The molecule has 2 rings (SSSR count). The van der Waals surface area contributed by atoms with Crippen molar-refractivity contribution in [3.8, 4) is 0 Å². The standard InChI is InChI=1S/C13H20N2O5/c1-2-20-12(18)8-15(10-5-6-10)13(19)14(7-11(16)17)9-3-4-9/h9-10H,2-8H2,1H3,(H,16,17). The third-order valence-electron chi connectivity index (χ3n) is 3.38. The summed E-state index contributed by atoms with van der Waals surface area (Å²) in [6, 6.07) is -0.311. The maximum absolute atomic E-state index is 12.5. The Hall–Kier alpha value is -1.79. The number of rotatable bonds is 7. The second-order valence-corrected chi connectivity index (χ2v) is 5.20. The lowest BCUT2D eigenvalue weighted by Gasteiger charge is -2.29. The van der Waals surface area contributed by atoms with Crippen molar-refractivity contribution in [3.63, 3.8) is 0 Å². The predicted molar refractivity (Wildman–Crippen MR) is 69.1 cm³/mol. The molecule has 0 aromatic carbocycles. The van der Waals surface area contributed by atoms with E-state index in [9.17, 15) is 14.4 Å². The number of esters is 1. The van der Waals surface area contributed by atoms with Gasteiger partial charge in [-0.05, 0) is 32.6 Å². The van der Waals surface area contributed by atoms with Gasteiger partial charge in [0.25, 0.3) is 0 Å². The summed E-state index contributed by atoms with van der Waals surface area (Å²) in [4.78, 5) is 37.7.